The van der Waals surface area contributed by atoms with Crippen LogP contribution in [0, 0.1) is 5.92 Å². The highest BCUT2D eigenvalue weighted by Crippen LogP contribution is 2.07. The van der Waals surface area contributed by atoms with Gasteiger partial charge in [-0.25, -0.2) is 9.59 Å². The van der Waals surface area contributed by atoms with E-state index in [1.807, 2.05) is 13.8 Å². The van der Waals surface area contributed by atoms with Gasteiger partial charge in [-0.15, -0.1) is 0 Å². The third-order valence-corrected chi connectivity index (χ3v) is 1.89. The van der Waals surface area contributed by atoms with Crippen LogP contribution in [0.3, 0.4) is 0 Å². The van der Waals surface area contributed by atoms with Gasteiger partial charge in [0.25, 0.3) is 0 Å². The van der Waals surface area contributed by atoms with Crippen LogP contribution in [-0.2, 0) is 9.53 Å². The zero-order valence-electron chi connectivity index (χ0n) is 9.69. The van der Waals surface area contributed by atoms with Crippen LogP contribution in [0.25, 0.3) is 0 Å². The fourth-order valence-electron chi connectivity index (χ4n) is 1.12. The van der Waals surface area contributed by atoms with Crippen molar-refractivity contribution in [1.82, 2.24) is 4.90 Å². The summed E-state index contributed by atoms with van der Waals surface area (Å²) < 4.78 is 4.80. The van der Waals surface area contributed by atoms with Gasteiger partial charge in [0.05, 0.1) is 6.61 Å². The molecule has 15 heavy (non-hydrogen) atoms. The molecular weight excluding hydrogens is 198 g/mol. The molecule has 88 valence electrons. The molecule has 0 saturated heterocycles. The van der Waals surface area contributed by atoms with Gasteiger partial charge in [0.2, 0.25) is 0 Å². The van der Waals surface area contributed by atoms with E-state index in [9.17, 15) is 9.59 Å². The Morgan fingerprint density at radius 1 is 1.33 bits per heavy atom. The highest BCUT2D eigenvalue weighted by atomic mass is 16.6. The molecule has 0 aliphatic heterocycles. The van der Waals surface area contributed by atoms with Crippen molar-refractivity contribution in [2.24, 2.45) is 5.92 Å². The van der Waals surface area contributed by atoms with Crippen LogP contribution in [0.15, 0.2) is 0 Å². The molecule has 0 aliphatic carbocycles. The molecule has 0 spiro atoms. The lowest BCUT2D eigenvalue weighted by molar-refractivity contribution is -0.142. The summed E-state index contributed by atoms with van der Waals surface area (Å²) in [4.78, 5) is 23.5. The third kappa shape index (κ3) is 4.67. The van der Waals surface area contributed by atoms with Crippen molar-refractivity contribution in [3.63, 3.8) is 0 Å². The fourth-order valence-corrected chi connectivity index (χ4v) is 1.12. The summed E-state index contributed by atoms with van der Waals surface area (Å²) in [6.45, 7) is 7.63. The number of hydrogen-bond donors (Lipinski definition) is 1. The van der Waals surface area contributed by atoms with Gasteiger partial charge in [0.15, 0.2) is 0 Å². The predicted octanol–water partition coefficient (Wildman–Crippen LogP) is 1.57. The smallest absolute Gasteiger partial charge is 0.410 e. The summed E-state index contributed by atoms with van der Waals surface area (Å²) in [7, 11) is 0. The Bertz CT molecular complexity index is 227. The molecule has 1 amide bonds. The normalized spacial score (nSPS) is 12.3. The standard InChI is InChI=1S/C10H19NO4/c1-5-15-10(14)11(6-7(2)3)8(4)9(12)13/h7-8H,5-6H2,1-4H3,(H,12,13). The van der Waals surface area contributed by atoms with E-state index in [1.54, 1.807) is 6.92 Å². The van der Waals surface area contributed by atoms with Gasteiger partial charge in [0.1, 0.15) is 6.04 Å². The van der Waals surface area contributed by atoms with Crippen molar-refractivity contribution in [2.75, 3.05) is 13.2 Å². The summed E-state index contributed by atoms with van der Waals surface area (Å²) in [5.74, 6) is -0.820. The molecule has 0 bridgehead atoms. The average Bonchev–Trinajstić information content (AvgIpc) is 2.13. The number of carboxylic acid groups (broad SMARTS) is 1. The fraction of sp³-hybridized carbons (Fsp3) is 0.800. The van der Waals surface area contributed by atoms with E-state index >= 15 is 0 Å². The number of ether oxygens (including phenoxy) is 1. The van der Waals surface area contributed by atoms with Crippen molar-refractivity contribution in [1.29, 1.82) is 0 Å². The quantitative estimate of drug-likeness (QED) is 0.759. The number of carbonyl (C=O) groups is 2. The molecule has 1 unspecified atom stereocenters. The first kappa shape index (κ1) is 13.7. The Balaban J connectivity index is 4.56. The number of carbonyl (C=O) groups excluding carboxylic acids is 1. The Kier molecular flexibility index (Phi) is 5.74. The molecule has 0 rings (SSSR count). The minimum atomic E-state index is -1.02. The lowest BCUT2D eigenvalue weighted by Gasteiger charge is -2.27. The molecule has 5 nitrogen and oxygen atoms in total. The van der Waals surface area contributed by atoms with E-state index in [2.05, 4.69) is 0 Å². The molecule has 0 radical (unpaired) electrons. The molecule has 0 fully saturated rings. The first-order valence-corrected chi connectivity index (χ1v) is 5.06. The van der Waals surface area contributed by atoms with Gasteiger partial charge in [-0.2, -0.15) is 0 Å². The molecule has 0 heterocycles. The van der Waals surface area contributed by atoms with Gasteiger partial charge < -0.3 is 9.84 Å². The Morgan fingerprint density at radius 3 is 2.20 bits per heavy atom. The summed E-state index contributed by atoms with van der Waals surface area (Å²) in [5.41, 5.74) is 0. The maximum Gasteiger partial charge on any atom is 0.410 e. The van der Waals surface area contributed by atoms with E-state index in [-0.39, 0.29) is 12.5 Å². The second-order valence-electron chi connectivity index (χ2n) is 3.76. The number of hydrogen-bond acceptors (Lipinski definition) is 3. The van der Waals surface area contributed by atoms with Crippen LogP contribution in [-0.4, -0.2) is 41.3 Å². The minimum Gasteiger partial charge on any atom is -0.480 e. The van der Waals surface area contributed by atoms with Crippen LogP contribution in [0.5, 0.6) is 0 Å². The van der Waals surface area contributed by atoms with Crippen LogP contribution < -0.4 is 0 Å². The lowest BCUT2D eigenvalue weighted by Crippen LogP contribution is -2.45. The van der Waals surface area contributed by atoms with Gasteiger partial charge in [-0.05, 0) is 19.8 Å². The number of carboxylic acids is 1. The summed E-state index contributed by atoms with van der Waals surface area (Å²) >= 11 is 0. The number of aliphatic carboxylic acids is 1. The summed E-state index contributed by atoms with van der Waals surface area (Å²) in [6, 6.07) is -0.855. The Morgan fingerprint density at radius 2 is 1.87 bits per heavy atom. The number of amides is 1. The molecule has 0 aromatic rings. The molecular formula is C10H19NO4. The molecule has 0 aromatic heterocycles. The Hall–Kier alpha value is -1.26. The van der Waals surface area contributed by atoms with Crippen molar-refractivity contribution in [3.05, 3.63) is 0 Å². The second kappa shape index (κ2) is 6.27. The first-order valence-electron chi connectivity index (χ1n) is 5.06. The molecule has 1 atom stereocenters. The number of rotatable bonds is 5. The lowest BCUT2D eigenvalue weighted by atomic mass is 10.2. The van der Waals surface area contributed by atoms with Gasteiger partial charge in [-0.1, -0.05) is 13.8 Å². The average molecular weight is 217 g/mol. The van der Waals surface area contributed by atoms with Crippen LogP contribution in [0.1, 0.15) is 27.7 Å². The second-order valence-corrected chi connectivity index (χ2v) is 3.76. The first-order chi connectivity index (χ1) is 6.90. The zero-order valence-corrected chi connectivity index (χ0v) is 9.69. The highest BCUT2D eigenvalue weighted by Gasteiger charge is 2.26. The summed E-state index contributed by atoms with van der Waals surface area (Å²) in [6.07, 6.45) is -0.568. The molecule has 1 N–H and O–H groups in total. The summed E-state index contributed by atoms with van der Waals surface area (Å²) in [5, 5.41) is 8.83. The largest absolute Gasteiger partial charge is 0.480 e. The molecule has 0 aliphatic rings. The third-order valence-electron chi connectivity index (χ3n) is 1.89. The highest BCUT2D eigenvalue weighted by molar-refractivity contribution is 5.79. The van der Waals surface area contributed by atoms with Crippen molar-refractivity contribution in [3.8, 4) is 0 Å². The van der Waals surface area contributed by atoms with Crippen molar-refractivity contribution >= 4 is 12.1 Å². The van der Waals surface area contributed by atoms with E-state index < -0.39 is 18.1 Å². The van der Waals surface area contributed by atoms with Crippen LogP contribution in [0.2, 0.25) is 0 Å². The topological polar surface area (TPSA) is 66.8 Å². The monoisotopic (exact) mass is 217 g/mol. The van der Waals surface area contributed by atoms with Crippen LogP contribution >= 0.6 is 0 Å². The molecule has 0 aromatic carbocycles. The molecule has 5 heteroatoms. The van der Waals surface area contributed by atoms with E-state index in [0.717, 1.165) is 0 Å². The van der Waals surface area contributed by atoms with E-state index in [4.69, 9.17) is 9.84 Å². The van der Waals surface area contributed by atoms with Crippen molar-refractivity contribution < 1.29 is 19.4 Å². The molecule has 0 saturated carbocycles. The maximum absolute atomic E-state index is 11.5. The SMILES string of the molecule is CCOC(=O)N(CC(C)C)C(C)C(=O)O. The Labute approximate surface area is 90.0 Å². The zero-order chi connectivity index (χ0) is 12.0. The maximum atomic E-state index is 11.5. The van der Waals surface area contributed by atoms with E-state index in [0.29, 0.717) is 6.54 Å². The van der Waals surface area contributed by atoms with Gasteiger partial charge >= 0.3 is 12.1 Å². The van der Waals surface area contributed by atoms with Gasteiger partial charge in [0, 0.05) is 6.54 Å². The number of nitrogens with zero attached hydrogens (tertiary/aromatic N) is 1. The van der Waals surface area contributed by atoms with E-state index in [1.165, 1.54) is 11.8 Å². The predicted molar refractivity (Wildman–Crippen MR) is 55.7 cm³/mol. The minimum absolute atomic E-state index is 0.205. The van der Waals surface area contributed by atoms with Gasteiger partial charge in [-0.3, -0.25) is 4.90 Å². The van der Waals surface area contributed by atoms with Crippen molar-refractivity contribution in [2.45, 2.75) is 33.7 Å². The van der Waals surface area contributed by atoms with Crippen LogP contribution in [0.4, 0.5) is 4.79 Å².